The van der Waals surface area contributed by atoms with Crippen molar-refractivity contribution >= 4 is 21.6 Å². The Labute approximate surface area is 107 Å². The maximum absolute atomic E-state index is 3.65. The van der Waals surface area contributed by atoms with Crippen molar-refractivity contribution in [2.45, 2.75) is 27.3 Å². The molecule has 0 amide bonds. The van der Waals surface area contributed by atoms with Crippen molar-refractivity contribution in [3.8, 4) is 0 Å². The Balaban J connectivity index is 2.82. The molecule has 16 heavy (non-hydrogen) atoms. The van der Waals surface area contributed by atoms with Gasteiger partial charge in [0.2, 0.25) is 0 Å². The van der Waals surface area contributed by atoms with Crippen molar-refractivity contribution in [2.75, 3.05) is 24.5 Å². The first-order valence-electron chi connectivity index (χ1n) is 5.97. The number of rotatable bonds is 6. The van der Waals surface area contributed by atoms with Gasteiger partial charge in [0, 0.05) is 24.1 Å². The van der Waals surface area contributed by atoms with Crippen molar-refractivity contribution in [1.82, 2.24) is 5.32 Å². The summed E-state index contributed by atoms with van der Waals surface area (Å²) >= 11 is 3.65. The van der Waals surface area contributed by atoms with E-state index in [0.717, 1.165) is 26.2 Å². The minimum absolute atomic E-state index is 0.938. The zero-order valence-corrected chi connectivity index (χ0v) is 12.0. The molecule has 0 aliphatic rings. The minimum Gasteiger partial charge on any atom is -0.371 e. The lowest BCUT2D eigenvalue weighted by atomic mass is 10.2. The molecule has 0 atom stereocenters. The highest BCUT2D eigenvalue weighted by molar-refractivity contribution is 9.10. The predicted molar refractivity (Wildman–Crippen MR) is 75.1 cm³/mol. The van der Waals surface area contributed by atoms with Crippen LogP contribution in [-0.4, -0.2) is 19.6 Å². The van der Waals surface area contributed by atoms with Crippen molar-refractivity contribution in [3.05, 3.63) is 28.2 Å². The Morgan fingerprint density at radius 3 is 2.38 bits per heavy atom. The van der Waals surface area contributed by atoms with Crippen LogP contribution in [0.15, 0.2) is 22.7 Å². The largest absolute Gasteiger partial charge is 0.371 e. The van der Waals surface area contributed by atoms with E-state index in [4.69, 9.17) is 0 Å². The van der Waals surface area contributed by atoms with Gasteiger partial charge >= 0.3 is 0 Å². The molecule has 0 aliphatic carbocycles. The highest BCUT2D eigenvalue weighted by Gasteiger charge is 2.06. The molecule has 1 N–H and O–H groups in total. The lowest BCUT2D eigenvalue weighted by molar-refractivity contribution is 0.726. The standard InChI is InChI=1S/C13H21BrN2/c1-4-15-10-11-7-8-13(12(14)9-11)16(5-2)6-3/h7-9,15H,4-6,10H2,1-3H3. The van der Waals surface area contributed by atoms with Gasteiger partial charge in [0.15, 0.2) is 0 Å². The molecule has 1 rings (SSSR count). The number of nitrogens with zero attached hydrogens (tertiary/aromatic N) is 1. The smallest absolute Gasteiger partial charge is 0.0510 e. The van der Waals surface area contributed by atoms with Crippen LogP contribution < -0.4 is 10.2 Å². The van der Waals surface area contributed by atoms with E-state index in [1.165, 1.54) is 15.7 Å². The van der Waals surface area contributed by atoms with Gasteiger partial charge in [0.1, 0.15) is 0 Å². The summed E-state index contributed by atoms with van der Waals surface area (Å²) in [4.78, 5) is 2.35. The Bertz CT molecular complexity index is 322. The van der Waals surface area contributed by atoms with Crippen LogP contribution in [0.1, 0.15) is 26.3 Å². The topological polar surface area (TPSA) is 15.3 Å². The molecule has 0 spiro atoms. The lowest BCUT2D eigenvalue weighted by Gasteiger charge is -2.22. The van der Waals surface area contributed by atoms with Gasteiger partial charge in [-0.2, -0.15) is 0 Å². The van der Waals surface area contributed by atoms with Crippen LogP contribution in [0.5, 0.6) is 0 Å². The first-order valence-corrected chi connectivity index (χ1v) is 6.76. The fourth-order valence-corrected chi connectivity index (χ4v) is 2.43. The Morgan fingerprint density at radius 1 is 1.19 bits per heavy atom. The summed E-state index contributed by atoms with van der Waals surface area (Å²) in [5.74, 6) is 0. The van der Waals surface area contributed by atoms with E-state index < -0.39 is 0 Å². The SMILES string of the molecule is CCNCc1ccc(N(CC)CC)c(Br)c1. The molecule has 1 aromatic carbocycles. The zero-order chi connectivity index (χ0) is 12.0. The number of hydrogen-bond acceptors (Lipinski definition) is 2. The molecule has 0 fully saturated rings. The van der Waals surface area contributed by atoms with Crippen LogP contribution in [0.4, 0.5) is 5.69 Å². The van der Waals surface area contributed by atoms with E-state index in [0.29, 0.717) is 0 Å². The van der Waals surface area contributed by atoms with E-state index in [1.807, 2.05) is 0 Å². The molecule has 0 bridgehead atoms. The van der Waals surface area contributed by atoms with Crippen molar-refractivity contribution in [2.24, 2.45) is 0 Å². The van der Waals surface area contributed by atoms with E-state index in [9.17, 15) is 0 Å². The van der Waals surface area contributed by atoms with Crippen molar-refractivity contribution < 1.29 is 0 Å². The molecule has 3 heteroatoms. The summed E-state index contributed by atoms with van der Waals surface area (Å²) < 4.78 is 1.19. The molecule has 0 radical (unpaired) electrons. The fraction of sp³-hybridized carbons (Fsp3) is 0.538. The predicted octanol–water partition coefficient (Wildman–Crippen LogP) is 3.40. The monoisotopic (exact) mass is 284 g/mol. The maximum atomic E-state index is 3.65. The lowest BCUT2D eigenvalue weighted by Crippen LogP contribution is -2.22. The van der Waals surface area contributed by atoms with Gasteiger partial charge in [0.25, 0.3) is 0 Å². The Kier molecular flexibility index (Phi) is 5.85. The second-order valence-corrected chi connectivity index (χ2v) is 4.59. The first kappa shape index (κ1) is 13.5. The van der Waals surface area contributed by atoms with Crippen LogP contribution in [0.2, 0.25) is 0 Å². The molecular formula is C13H21BrN2. The van der Waals surface area contributed by atoms with E-state index in [-0.39, 0.29) is 0 Å². The van der Waals surface area contributed by atoms with E-state index in [2.05, 4.69) is 65.1 Å². The van der Waals surface area contributed by atoms with Gasteiger partial charge in [-0.25, -0.2) is 0 Å². The Hall–Kier alpha value is -0.540. The third-order valence-electron chi connectivity index (χ3n) is 2.70. The number of halogens is 1. The van der Waals surface area contributed by atoms with E-state index >= 15 is 0 Å². The van der Waals surface area contributed by atoms with Gasteiger partial charge in [-0.05, 0) is 54.0 Å². The highest BCUT2D eigenvalue weighted by Crippen LogP contribution is 2.27. The third kappa shape index (κ3) is 3.49. The number of anilines is 1. The summed E-state index contributed by atoms with van der Waals surface area (Å²) in [5.41, 5.74) is 2.61. The van der Waals surface area contributed by atoms with E-state index in [1.54, 1.807) is 0 Å². The maximum Gasteiger partial charge on any atom is 0.0510 e. The fourth-order valence-electron chi connectivity index (χ4n) is 1.75. The van der Waals surface area contributed by atoms with Crippen LogP contribution >= 0.6 is 15.9 Å². The minimum atomic E-state index is 0.938. The van der Waals surface area contributed by atoms with Crippen LogP contribution in [0, 0.1) is 0 Å². The van der Waals surface area contributed by atoms with Gasteiger partial charge in [-0.15, -0.1) is 0 Å². The van der Waals surface area contributed by atoms with Gasteiger partial charge in [-0.3, -0.25) is 0 Å². The summed E-state index contributed by atoms with van der Waals surface area (Å²) in [7, 11) is 0. The molecule has 0 saturated heterocycles. The van der Waals surface area contributed by atoms with Crippen molar-refractivity contribution in [3.63, 3.8) is 0 Å². The number of hydrogen-bond donors (Lipinski definition) is 1. The summed E-state index contributed by atoms with van der Waals surface area (Å²) in [6.07, 6.45) is 0. The third-order valence-corrected chi connectivity index (χ3v) is 3.33. The normalized spacial score (nSPS) is 10.5. The number of benzene rings is 1. The molecular weight excluding hydrogens is 264 g/mol. The average Bonchev–Trinajstić information content (AvgIpc) is 2.30. The van der Waals surface area contributed by atoms with Crippen LogP contribution in [0.3, 0.4) is 0 Å². The van der Waals surface area contributed by atoms with Gasteiger partial charge < -0.3 is 10.2 Å². The average molecular weight is 285 g/mol. The second kappa shape index (κ2) is 6.92. The molecule has 0 saturated carbocycles. The molecule has 0 aromatic heterocycles. The molecule has 2 nitrogen and oxygen atoms in total. The molecule has 0 heterocycles. The van der Waals surface area contributed by atoms with Crippen molar-refractivity contribution in [1.29, 1.82) is 0 Å². The number of nitrogens with one attached hydrogen (secondary N) is 1. The molecule has 0 aliphatic heterocycles. The van der Waals surface area contributed by atoms with Gasteiger partial charge in [-0.1, -0.05) is 13.0 Å². The summed E-state index contributed by atoms with van der Waals surface area (Å²) in [5, 5.41) is 3.33. The first-order chi connectivity index (χ1) is 7.72. The quantitative estimate of drug-likeness (QED) is 0.861. The molecule has 1 aromatic rings. The summed E-state index contributed by atoms with van der Waals surface area (Å²) in [6.45, 7) is 10.5. The van der Waals surface area contributed by atoms with Crippen LogP contribution in [0.25, 0.3) is 0 Å². The zero-order valence-electron chi connectivity index (χ0n) is 10.4. The molecule has 90 valence electrons. The summed E-state index contributed by atoms with van der Waals surface area (Å²) in [6, 6.07) is 6.60. The van der Waals surface area contributed by atoms with Crippen LogP contribution in [-0.2, 0) is 6.54 Å². The molecule has 0 unspecified atom stereocenters. The Morgan fingerprint density at radius 2 is 1.88 bits per heavy atom. The van der Waals surface area contributed by atoms with Gasteiger partial charge in [0.05, 0.1) is 5.69 Å². The highest BCUT2D eigenvalue weighted by atomic mass is 79.9. The second-order valence-electron chi connectivity index (χ2n) is 3.74.